The number of rotatable bonds is 7. The summed E-state index contributed by atoms with van der Waals surface area (Å²) in [6, 6.07) is 16.2. The first kappa shape index (κ1) is 20.5. The molecule has 2 fully saturated rings. The van der Waals surface area contributed by atoms with Crippen molar-refractivity contribution in [2.24, 2.45) is 5.92 Å². The predicted molar refractivity (Wildman–Crippen MR) is 114 cm³/mol. The second-order valence-electron chi connectivity index (χ2n) is 9.24. The van der Waals surface area contributed by atoms with Gasteiger partial charge in [-0.25, -0.2) is 12.8 Å². The number of nitrogens with zero attached hydrogens (tertiary/aromatic N) is 1. The van der Waals surface area contributed by atoms with E-state index >= 15 is 0 Å². The fraction of sp³-hybridized carbons (Fsp3) is 0.500. The standard InChI is InChI=1S/C24H30FNO2S/c1-24(2,29(27,28)21-7-4-3-5-8-21)13-6-14-26-17-18-15-22(23(26)16-18)19-9-11-20(25)12-10-19/h3-5,7-12,18,22-23H,6,13-17H2,1-2H3/t18-,22+,23-/m1/s1. The summed E-state index contributed by atoms with van der Waals surface area (Å²) >= 11 is 0. The maximum Gasteiger partial charge on any atom is 0.183 e. The molecular weight excluding hydrogens is 385 g/mol. The second-order valence-corrected chi connectivity index (χ2v) is 11.8. The molecule has 1 aliphatic heterocycles. The van der Waals surface area contributed by atoms with Gasteiger partial charge in [0.1, 0.15) is 5.82 Å². The molecule has 2 aliphatic rings. The number of hydrogen-bond acceptors (Lipinski definition) is 3. The Morgan fingerprint density at radius 1 is 1.03 bits per heavy atom. The molecule has 0 N–H and O–H groups in total. The average molecular weight is 416 g/mol. The Labute approximate surface area is 173 Å². The zero-order chi connectivity index (χ0) is 20.6. The molecule has 3 nitrogen and oxygen atoms in total. The monoisotopic (exact) mass is 415 g/mol. The van der Waals surface area contributed by atoms with Crippen molar-refractivity contribution in [1.82, 2.24) is 4.90 Å². The van der Waals surface area contributed by atoms with Gasteiger partial charge >= 0.3 is 0 Å². The molecular formula is C24H30FNO2S. The van der Waals surface area contributed by atoms with Crippen LogP contribution < -0.4 is 0 Å². The molecule has 0 amide bonds. The van der Waals surface area contributed by atoms with Crippen LogP contribution in [0.15, 0.2) is 59.5 Å². The molecule has 2 bridgehead atoms. The van der Waals surface area contributed by atoms with Crippen molar-refractivity contribution in [3.05, 3.63) is 66.0 Å². The molecule has 156 valence electrons. The van der Waals surface area contributed by atoms with Crippen LogP contribution in [0, 0.1) is 11.7 Å². The smallest absolute Gasteiger partial charge is 0.183 e. The number of fused-ring (bicyclic) bond motifs is 2. The number of sulfone groups is 1. The summed E-state index contributed by atoms with van der Waals surface area (Å²) in [6.45, 7) is 5.71. The summed E-state index contributed by atoms with van der Waals surface area (Å²) in [7, 11) is -3.36. The highest BCUT2D eigenvalue weighted by Crippen LogP contribution is 2.47. The van der Waals surface area contributed by atoms with Crippen LogP contribution in [0.4, 0.5) is 4.39 Å². The molecule has 2 aromatic rings. The molecule has 0 aromatic heterocycles. The average Bonchev–Trinajstić information content (AvgIpc) is 3.29. The van der Waals surface area contributed by atoms with E-state index in [2.05, 4.69) is 4.90 Å². The minimum atomic E-state index is -3.36. The molecule has 5 heteroatoms. The van der Waals surface area contributed by atoms with Crippen molar-refractivity contribution in [2.75, 3.05) is 13.1 Å². The molecule has 1 saturated carbocycles. The van der Waals surface area contributed by atoms with E-state index in [1.54, 1.807) is 36.4 Å². The van der Waals surface area contributed by atoms with Crippen molar-refractivity contribution < 1.29 is 12.8 Å². The van der Waals surface area contributed by atoms with E-state index in [1.807, 2.05) is 32.0 Å². The molecule has 4 rings (SSSR count). The van der Waals surface area contributed by atoms with Gasteiger partial charge in [-0.05, 0) is 87.7 Å². The summed E-state index contributed by atoms with van der Waals surface area (Å²) in [5.41, 5.74) is 1.23. The van der Waals surface area contributed by atoms with Gasteiger partial charge in [-0.2, -0.15) is 0 Å². The highest BCUT2D eigenvalue weighted by atomic mass is 32.2. The fourth-order valence-corrected chi connectivity index (χ4v) is 6.79. The Morgan fingerprint density at radius 2 is 1.72 bits per heavy atom. The van der Waals surface area contributed by atoms with Gasteiger partial charge in [-0.3, -0.25) is 4.90 Å². The highest BCUT2D eigenvalue weighted by Gasteiger charge is 2.45. The summed E-state index contributed by atoms with van der Waals surface area (Å²) in [5.74, 6) is 0.988. The fourth-order valence-electron chi connectivity index (χ4n) is 5.22. The lowest BCUT2D eigenvalue weighted by Gasteiger charge is -2.34. The van der Waals surface area contributed by atoms with Gasteiger partial charge in [-0.15, -0.1) is 0 Å². The van der Waals surface area contributed by atoms with Crippen LogP contribution in [0.2, 0.25) is 0 Å². The number of likely N-dealkylation sites (tertiary alicyclic amines) is 1. The van der Waals surface area contributed by atoms with Gasteiger partial charge in [0, 0.05) is 12.6 Å². The second kappa shape index (κ2) is 7.84. The van der Waals surface area contributed by atoms with E-state index < -0.39 is 14.6 Å². The Kier molecular flexibility index (Phi) is 5.56. The van der Waals surface area contributed by atoms with Gasteiger partial charge in [0.25, 0.3) is 0 Å². The quantitative estimate of drug-likeness (QED) is 0.636. The first-order valence-electron chi connectivity index (χ1n) is 10.6. The molecule has 3 atom stereocenters. The third-order valence-electron chi connectivity index (χ3n) is 6.89. The maximum atomic E-state index is 13.3. The topological polar surface area (TPSA) is 37.4 Å². The minimum Gasteiger partial charge on any atom is -0.299 e. The maximum absolute atomic E-state index is 13.3. The summed E-state index contributed by atoms with van der Waals surface area (Å²) in [6.07, 6.45) is 3.88. The van der Waals surface area contributed by atoms with Crippen LogP contribution in [0.25, 0.3) is 0 Å². The molecule has 0 spiro atoms. The third kappa shape index (κ3) is 3.99. The van der Waals surface area contributed by atoms with Gasteiger partial charge in [0.05, 0.1) is 9.64 Å². The van der Waals surface area contributed by atoms with Crippen LogP contribution in [-0.2, 0) is 9.84 Å². The van der Waals surface area contributed by atoms with Gasteiger partial charge in [0.15, 0.2) is 9.84 Å². The number of halogens is 1. The number of hydrogen-bond donors (Lipinski definition) is 0. The summed E-state index contributed by atoms with van der Waals surface area (Å²) < 4.78 is 38.5. The van der Waals surface area contributed by atoms with Crippen molar-refractivity contribution in [1.29, 1.82) is 0 Å². The van der Waals surface area contributed by atoms with Crippen molar-refractivity contribution in [3.8, 4) is 0 Å². The molecule has 0 unspecified atom stereocenters. The van der Waals surface area contributed by atoms with Gasteiger partial charge < -0.3 is 0 Å². The molecule has 2 aromatic carbocycles. The van der Waals surface area contributed by atoms with Crippen molar-refractivity contribution in [2.45, 2.75) is 61.1 Å². The van der Waals surface area contributed by atoms with E-state index in [-0.39, 0.29) is 5.82 Å². The Morgan fingerprint density at radius 3 is 2.38 bits per heavy atom. The first-order valence-corrected chi connectivity index (χ1v) is 12.1. The van der Waals surface area contributed by atoms with E-state index in [9.17, 15) is 12.8 Å². The Bertz CT molecular complexity index is 941. The van der Waals surface area contributed by atoms with Gasteiger partial charge in [0.2, 0.25) is 0 Å². The number of benzene rings is 2. The molecule has 1 aliphatic carbocycles. The van der Waals surface area contributed by atoms with Gasteiger partial charge in [-0.1, -0.05) is 30.3 Å². The van der Waals surface area contributed by atoms with Crippen LogP contribution in [0.5, 0.6) is 0 Å². The zero-order valence-corrected chi connectivity index (χ0v) is 18.0. The molecule has 0 radical (unpaired) electrons. The predicted octanol–water partition coefficient (Wildman–Crippen LogP) is 5.04. The lowest BCUT2D eigenvalue weighted by Crippen LogP contribution is -2.39. The number of piperidine rings is 1. The molecule has 29 heavy (non-hydrogen) atoms. The van der Waals surface area contributed by atoms with E-state index in [0.717, 1.165) is 19.5 Å². The van der Waals surface area contributed by atoms with E-state index in [1.165, 1.54) is 18.4 Å². The largest absolute Gasteiger partial charge is 0.299 e. The van der Waals surface area contributed by atoms with E-state index in [0.29, 0.717) is 29.2 Å². The lowest BCUT2D eigenvalue weighted by molar-refractivity contribution is 0.187. The Hall–Kier alpha value is -1.72. The summed E-state index contributed by atoms with van der Waals surface area (Å²) in [4.78, 5) is 2.94. The molecule has 1 saturated heterocycles. The Balaban J connectivity index is 1.38. The van der Waals surface area contributed by atoms with Crippen LogP contribution in [0.3, 0.4) is 0 Å². The third-order valence-corrected chi connectivity index (χ3v) is 9.44. The lowest BCUT2D eigenvalue weighted by atomic mass is 9.90. The van der Waals surface area contributed by atoms with Crippen molar-refractivity contribution in [3.63, 3.8) is 0 Å². The minimum absolute atomic E-state index is 0.185. The zero-order valence-electron chi connectivity index (χ0n) is 17.2. The van der Waals surface area contributed by atoms with Crippen LogP contribution >= 0.6 is 0 Å². The van der Waals surface area contributed by atoms with Crippen LogP contribution in [0.1, 0.15) is 51.0 Å². The normalized spacial score (nSPS) is 24.9. The van der Waals surface area contributed by atoms with Crippen LogP contribution in [-0.4, -0.2) is 37.2 Å². The van der Waals surface area contributed by atoms with Crippen molar-refractivity contribution >= 4 is 9.84 Å². The summed E-state index contributed by atoms with van der Waals surface area (Å²) in [5, 5.41) is 0. The first-order chi connectivity index (χ1) is 13.8. The highest BCUT2D eigenvalue weighted by molar-refractivity contribution is 7.92. The SMILES string of the molecule is CC(C)(CCCN1C[C@H]2C[C@@H]1[C@H](c1ccc(F)cc1)C2)S(=O)(=O)c1ccccc1. The molecule has 1 heterocycles. The van der Waals surface area contributed by atoms with E-state index in [4.69, 9.17) is 0 Å².